The van der Waals surface area contributed by atoms with Crippen LogP contribution in [-0.2, 0) is 7.05 Å². The molecule has 0 aliphatic carbocycles. The summed E-state index contributed by atoms with van der Waals surface area (Å²) in [7, 11) is 2.02. The lowest BCUT2D eigenvalue weighted by molar-refractivity contribution is 0.191. The summed E-state index contributed by atoms with van der Waals surface area (Å²) in [6, 6.07) is 10.6. The van der Waals surface area contributed by atoms with Crippen LogP contribution < -0.4 is 5.32 Å². The van der Waals surface area contributed by atoms with Gasteiger partial charge in [0, 0.05) is 26.1 Å². The number of halogens is 1. The Morgan fingerprint density at radius 2 is 2.12 bits per heavy atom. The second kappa shape index (κ2) is 6.74. The van der Waals surface area contributed by atoms with Crippen molar-refractivity contribution in [1.29, 1.82) is 0 Å². The molecule has 1 fully saturated rings. The number of aryl methyl sites for hydroxylation is 1. The molecular weight excluding hydrogens is 333 g/mol. The normalized spacial score (nSPS) is 17.5. The molecule has 0 spiro atoms. The number of anilines is 1. The molecule has 0 saturated carbocycles. The number of hydrogen-bond acceptors (Lipinski definition) is 3. The Bertz CT molecular complexity index is 937. The Morgan fingerprint density at radius 3 is 2.88 bits per heavy atom. The van der Waals surface area contributed by atoms with Crippen LogP contribution in [0.25, 0.3) is 11.0 Å². The van der Waals surface area contributed by atoms with Crippen LogP contribution in [0.4, 0.5) is 14.9 Å². The second-order valence-corrected chi connectivity index (χ2v) is 6.60. The van der Waals surface area contributed by atoms with Gasteiger partial charge in [-0.1, -0.05) is 12.1 Å². The minimum absolute atomic E-state index is 0.193. The molecule has 1 aliphatic heterocycles. The van der Waals surface area contributed by atoms with Crippen LogP contribution in [0.5, 0.6) is 0 Å². The number of urea groups is 1. The van der Waals surface area contributed by atoms with Crippen LogP contribution in [-0.4, -0.2) is 38.6 Å². The molecule has 1 atom stereocenters. The minimum Gasteiger partial charge on any atom is -0.331 e. The van der Waals surface area contributed by atoms with Crippen molar-refractivity contribution in [3.05, 3.63) is 54.4 Å². The number of hydrogen-bond donors (Lipinski definition) is 1. The largest absolute Gasteiger partial charge is 0.331 e. The van der Waals surface area contributed by atoms with Crippen molar-refractivity contribution in [3.63, 3.8) is 0 Å². The summed E-state index contributed by atoms with van der Waals surface area (Å²) >= 11 is 0. The number of nitrogens with one attached hydrogen (secondary N) is 1. The first-order valence-corrected chi connectivity index (χ1v) is 8.70. The molecule has 1 aliphatic rings. The number of fused-ring (bicyclic) bond motifs is 1. The Kier molecular flexibility index (Phi) is 4.28. The van der Waals surface area contributed by atoms with E-state index in [1.165, 1.54) is 18.3 Å². The second-order valence-electron chi connectivity index (χ2n) is 6.60. The molecule has 4 rings (SSSR count). The van der Waals surface area contributed by atoms with Crippen molar-refractivity contribution in [1.82, 2.24) is 19.4 Å². The fraction of sp³-hybridized carbons (Fsp3) is 0.316. The van der Waals surface area contributed by atoms with Gasteiger partial charge < -0.3 is 14.8 Å². The summed E-state index contributed by atoms with van der Waals surface area (Å²) in [5.74, 6) is 0.633. The van der Waals surface area contributed by atoms with E-state index in [4.69, 9.17) is 4.98 Å². The molecule has 3 aromatic rings. The Labute approximate surface area is 150 Å². The van der Waals surface area contributed by atoms with Crippen LogP contribution in [0.15, 0.2) is 42.6 Å². The topological polar surface area (TPSA) is 63.1 Å². The zero-order valence-corrected chi connectivity index (χ0v) is 14.5. The van der Waals surface area contributed by atoms with E-state index in [9.17, 15) is 9.18 Å². The van der Waals surface area contributed by atoms with Crippen LogP contribution in [0.1, 0.15) is 24.6 Å². The molecule has 0 unspecified atom stereocenters. The van der Waals surface area contributed by atoms with Gasteiger partial charge in [-0.05, 0) is 37.1 Å². The van der Waals surface area contributed by atoms with E-state index in [1.54, 1.807) is 4.90 Å². The summed E-state index contributed by atoms with van der Waals surface area (Å²) in [6.07, 6.45) is 3.24. The Balaban J connectivity index is 1.50. The number of nitrogens with zero attached hydrogens (tertiary/aromatic N) is 4. The van der Waals surface area contributed by atoms with E-state index in [-0.39, 0.29) is 11.9 Å². The average Bonchev–Trinajstić information content (AvgIpc) is 3.01. The van der Waals surface area contributed by atoms with Crippen molar-refractivity contribution in [3.8, 4) is 0 Å². The lowest BCUT2D eigenvalue weighted by Crippen LogP contribution is -2.42. The maximum Gasteiger partial charge on any atom is 0.321 e. The van der Waals surface area contributed by atoms with Crippen molar-refractivity contribution in [2.45, 2.75) is 18.8 Å². The highest BCUT2D eigenvalue weighted by molar-refractivity contribution is 5.89. The van der Waals surface area contributed by atoms with E-state index >= 15 is 0 Å². The quantitative estimate of drug-likeness (QED) is 0.717. The number of carbonyl (C=O) groups excluding carboxylic acids is 1. The Hall–Kier alpha value is -2.96. The molecule has 1 aromatic carbocycles. The molecule has 3 heterocycles. The number of amides is 2. The summed E-state index contributed by atoms with van der Waals surface area (Å²) in [6.45, 7) is 1.30. The lowest BCUT2D eigenvalue weighted by Gasteiger charge is -2.32. The zero-order chi connectivity index (χ0) is 18.1. The molecule has 7 heteroatoms. The van der Waals surface area contributed by atoms with E-state index in [0.717, 1.165) is 29.7 Å². The van der Waals surface area contributed by atoms with Crippen LogP contribution >= 0.6 is 0 Å². The van der Waals surface area contributed by atoms with Gasteiger partial charge in [0.1, 0.15) is 5.82 Å². The van der Waals surface area contributed by atoms with Gasteiger partial charge in [0.15, 0.2) is 0 Å². The number of benzene rings is 1. The highest BCUT2D eigenvalue weighted by Crippen LogP contribution is 2.28. The van der Waals surface area contributed by atoms with Gasteiger partial charge in [0.2, 0.25) is 5.95 Å². The third kappa shape index (κ3) is 3.12. The SMILES string of the molecule is Cn1c([C@H]2CCCN(C(=O)Nc3ccc(F)nc3)C2)nc2ccccc21. The molecule has 0 radical (unpaired) electrons. The number of para-hydroxylation sites is 2. The van der Waals surface area contributed by atoms with Crippen LogP contribution in [0.2, 0.25) is 0 Å². The number of carbonyl (C=O) groups is 1. The summed E-state index contributed by atoms with van der Waals surface area (Å²) in [5, 5.41) is 2.78. The maximum absolute atomic E-state index is 12.9. The zero-order valence-electron chi connectivity index (χ0n) is 14.5. The summed E-state index contributed by atoms with van der Waals surface area (Å²) < 4.78 is 15.0. The number of aromatic nitrogens is 3. The molecule has 2 amide bonds. The molecule has 1 saturated heterocycles. The third-order valence-electron chi connectivity index (χ3n) is 4.87. The smallest absolute Gasteiger partial charge is 0.321 e. The molecule has 134 valence electrons. The molecule has 2 aromatic heterocycles. The molecule has 1 N–H and O–H groups in total. The van der Waals surface area contributed by atoms with Gasteiger partial charge in [-0.3, -0.25) is 0 Å². The summed E-state index contributed by atoms with van der Waals surface area (Å²) in [4.78, 5) is 22.7. The van der Waals surface area contributed by atoms with Crippen LogP contribution in [0, 0.1) is 5.95 Å². The number of imidazole rings is 1. The fourth-order valence-corrected chi connectivity index (χ4v) is 3.55. The third-order valence-corrected chi connectivity index (χ3v) is 4.87. The van der Waals surface area contributed by atoms with Gasteiger partial charge in [-0.15, -0.1) is 0 Å². The van der Waals surface area contributed by atoms with Crippen LogP contribution in [0.3, 0.4) is 0 Å². The molecule has 6 nitrogen and oxygen atoms in total. The fourth-order valence-electron chi connectivity index (χ4n) is 3.55. The predicted molar refractivity (Wildman–Crippen MR) is 97.5 cm³/mol. The van der Waals surface area contributed by atoms with Crippen molar-refractivity contribution in [2.75, 3.05) is 18.4 Å². The first kappa shape index (κ1) is 16.5. The van der Waals surface area contributed by atoms with Gasteiger partial charge >= 0.3 is 6.03 Å². The number of likely N-dealkylation sites (tertiary alicyclic amines) is 1. The Morgan fingerprint density at radius 1 is 1.27 bits per heavy atom. The number of piperidine rings is 1. The highest BCUT2D eigenvalue weighted by Gasteiger charge is 2.28. The standard InChI is InChI=1S/C19H20FN5O/c1-24-16-7-3-2-6-15(16)23-18(24)13-5-4-10-25(12-13)19(26)22-14-8-9-17(20)21-11-14/h2-3,6-9,11,13H,4-5,10,12H2,1H3,(H,22,26)/t13-/m0/s1. The van der Waals surface area contributed by atoms with E-state index in [2.05, 4.69) is 20.9 Å². The van der Waals surface area contributed by atoms with Gasteiger partial charge in [-0.2, -0.15) is 4.39 Å². The minimum atomic E-state index is -0.567. The molecular formula is C19H20FN5O. The predicted octanol–water partition coefficient (Wildman–Crippen LogP) is 3.52. The van der Waals surface area contributed by atoms with E-state index in [1.807, 2.05) is 25.2 Å². The highest BCUT2D eigenvalue weighted by atomic mass is 19.1. The molecule has 26 heavy (non-hydrogen) atoms. The van der Waals surface area contributed by atoms with Gasteiger partial charge in [0.05, 0.1) is 22.9 Å². The maximum atomic E-state index is 12.9. The number of pyridine rings is 1. The monoisotopic (exact) mass is 353 g/mol. The summed E-state index contributed by atoms with van der Waals surface area (Å²) in [5.41, 5.74) is 2.56. The first-order chi connectivity index (χ1) is 12.6. The lowest BCUT2D eigenvalue weighted by atomic mass is 9.97. The molecule has 0 bridgehead atoms. The average molecular weight is 353 g/mol. The van der Waals surface area contributed by atoms with Crippen molar-refractivity contribution >= 4 is 22.8 Å². The van der Waals surface area contributed by atoms with E-state index < -0.39 is 5.95 Å². The first-order valence-electron chi connectivity index (χ1n) is 8.70. The number of rotatable bonds is 2. The van der Waals surface area contributed by atoms with Gasteiger partial charge in [0.25, 0.3) is 0 Å². The van der Waals surface area contributed by atoms with E-state index in [0.29, 0.717) is 18.8 Å². The van der Waals surface area contributed by atoms with Crippen molar-refractivity contribution in [2.24, 2.45) is 7.05 Å². The van der Waals surface area contributed by atoms with Gasteiger partial charge in [-0.25, -0.2) is 14.8 Å². The van der Waals surface area contributed by atoms with Crippen molar-refractivity contribution < 1.29 is 9.18 Å².